The van der Waals surface area contributed by atoms with E-state index in [1.807, 2.05) is 31.2 Å². The third-order valence-corrected chi connectivity index (χ3v) is 5.23. The van der Waals surface area contributed by atoms with Crippen molar-refractivity contribution in [2.75, 3.05) is 5.32 Å². The third kappa shape index (κ3) is 4.52. The summed E-state index contributed by atoms with van der Waals surface area (Å²) in [5, 5.41) is 2.78. The molecule has 0 radical (unpaired) electrons. The van der Waals surface area contributed by atoms with E-state index < -0.39 is 12.1 Å². The molecule has 1 aliphatic rings. The zero-order valence-corrected chi connectivity index (χ0v) is 16.6. The van der Waals surface area contributed by atoms with Crippen LogP contribution in [0.25, 0.3) is 0 Å². The average Bonchev–Trinajstić information content (AvgIpc) is 3.04. The summed E-state index contributed by atoms with van der Waals surface area (Å²) in [5.41, 5.74) is 5.37. The fraction of sp³-hybridized carbons (Fsp3) is 0.333. The number of nitrogens with one attached hydrogen (secondary N) is 1. The van der Waals surface area contributed by atoms with Gasteiger partial charge in [-0.05, 0) is 83.4 Å². The first-order valence-corrected chi connectivity index (χ1v) is 9.59. The number of carbonyl (C=O) groups excluding carboxylic acids is 2. The molecule has 0 bridgehead atoms. The molecule has 0 spiro atoms. The topological polar surface area (TPSA) is 55.4 Å². The van der Waals surface area contributed by atoms with Gasteiger partial charge in [0.05, 0.1) is 12.1 Å². The van der Waals surface area contributed by atoms with Gasteiger partial charge in [-0.25, -0.2) is 0 Å². The van der Waals surface area contributed by atoms with E-state index in [9.17, 15) is 9.59 Å². The summed E-state index contributed by atoms with van der Waals surface area (Å²) >= 11 is 3.42. The normalized spacial score (nSPS) is 13.8. The number of amides is 1. The summed E-state index contributed by atoms with van der Waals surface area (Å²) in [5.74, 6) is -0.745. The number of fused-ring (bicyclic) bond motifs is 1. The van der Waals surface area contributed by atoms with Gasteiger partial charge in [-0.3, -0.25) is 9.59 Å². The summed E-state index contributed by atoms with van der Waals surface area (Å²) in [4.78, 5) is 24.5. The van der Waals surface area contributed by atoms with Crippen molar-refractivity contribution in [3.05, 3.63) is 63.1 Å². The fourth-order valence-electron chi connectivity index (χ4n) is 3.15. The molecule has 2 aromatic carbocycles. The molecule has 1 N–H and O–H groups in total. The maximum absolute atomic E-state index is 12.3. The monoisotopic (exact) mass is 415 g/mol. The first kappa shape index (κ1) is 18.6. The molecule has 0 aromatic heterocycles. The summed E-state index contributed by atoms with van der Waals surface area (Å²) in [6.07, 6.45) is 2.69. The lowest BCUT2D eigenvalue weighted by molar-refractivity contribution is -0.152. The van der Waals surface area contributed by atoms with Gasteiger partial charge in [0.1, 0.15) is 0 Å². The summed E-state index contributed by atoms with van der Waals surface area (Å²) in [6, 6.07) is 11.8. The number of anilines is 1. The molecule has 1 atom stereocenters. The minimum Gasteiger partial charge on any atom is -0.452 e. The number of benzene rings is 2. The van der Waals surface area contributed by atoms with Gasteiger partial charge in [-0.1, -0.05) is 24.3 Å². The van der Waals surface area contributed by atoms with Crippen LogP contribution in [0.1, 0.15) is 35.6 Å². The maximum Gasteiger partial charge on any atom is 0.311 e. The number of hydrogen-bond acceptors (Lipinski definition) is 3. The minimum atomic E-state index is -0.856. The predicted molar refractivity (Wildman–Crippen MR) is 105 cm³/mol. The van der Waals surface area contributed by atoms with Gasteiger partial charge in [0.2, 0.25) is 0 Å². The van der Waals surface area contributed by atoms with Gasteiger partial charge in [-0.2, -0.15) is 0 Å². The first-order valence-electron chi connectivity index (χ1n) is 8.79. The summed E-state index contributed by atoms with van der Waals surface area (Å²) in [6.45, 7) is 3.55. The molecular formula is C21H22BrNO3. The standard InChI is InChI=1S/C21H22BrNO3/c1-13-6-9-19(18(22)10-13)23-21(25)14(2)26-20(24)12-15-7-8-16-4-3-5-17(16)11-15/h6-11,14H,3-5,12H2,1-2H3,(H,23,25)/t14-/m0/s1. The summed E-state index contributed by atoms with van der Waals surface area (Å²) < 4.78 is 6.10. The Morgan fingerprint density at radius 2 is 1.92 bits per heavy atom. The van der Waals surface area contributed by atoms with Crippen molar-refractivity contribution in [3.8, 4) is 0 Å². The highest BCUT2D eigenvalue weighted by Crippen LogP contribution is 2.24. The van der Waals surface area contributed by atoms with Crippen molar-refractivity contribution in [1.82, 2.24) is 0 Å². The molecule has 3 rings (SSSR count). The average molecular weight is 416 g/mol. The van der Waals surface area contributed by atoms with E-state index in [2.05, 4.69) is 33.4 Å². The molecule has 0 saturated carbocycles. The Morgan fingerprint density at radius 1 is 1.15 bits per heavy atom. The van der Waals surface area contributed by atoms with E-state index in [-0.39, 0.29) is 12.3 Å². The highest BCUT2D eigenvalue weighted by atomic mass is 79.9. The second-order valence-electron chi connectivity index (χ2n) is 6.74. The van der Waals surface area contributed by atoms with Gasteiger partial charge in [-0.15, -0.1) is 0 Å². The van der Waals surface area contributed by atoms with Crippen LogP contribution < -0.4 is 5.32 Å². The van der Waals surface area contributed by atoms with Crippen LogP contribution in [0.4, 0.5) is 5.69 Å². The Balaban J connectivity index is 1.55. The smallest absolute Gasteiger partial charge is 0.311 e. The zero-order chi connectivity index (χ0) is 18.7. The maximum atomic E-state index is 12.3. The number of rotatable bonds is 5. The highest BCUT2D eigenvalue weighted by molar-refractivity contribution is 9.10. The predicted octanol–water partition coefficient (Wildman–Crippen LogP) is 4.36. The van der Waals surface area contributed by atoms with Crippen LogP contribution in [0.15, 0.2) is 40.9 Å². The SMILES string of the molecule is Cc1ccc(NC(=O)[C@H](C)OC(=O)Cc2ccc3c(c2)CCC3)c(Br)c1. The van der Waals surface area contributed by atoms with E-state index >= 15 is 0 Å². The number of esters is 1. The first-order chi connectivity index (χ1) is 12.4. The molecule has 0 saturated heterocycles. The molecule has 1 amide bonds. The molecule has 26 heavy (non-hydrogen) atoms. The minimum absolute atomic E-state index is 0.180. The fourth-order valence-corrected chi connectivity index (χ4v) is 3.74. The number of halogens is 1. The van der Waals surface area contributed by atoms with Crippen molar-refractivity contribution in [1.29, 1.82) is 0 Å². The Hall–Kier alpha value is -2.14. The Bertz CT molecular complexity index is 847. The van der Waals surface area contributed by atoms with Gasteiger partial charge < -0.3 is 10.1 Å². The van der Waals surface area contributed by atoms with E-state index in [0.717, 1.165) is 28.4 Å². The highest BCUT2D eigenvalue weighted by Gasteiger charge is 2.19. The largest absolute Gasteiger partial charge is 0.452 e. The van der Waals surface area contributed by atoms with E-state index in [4.69, 9.17) is 4.74 Å². The van der Waals surface area contributed by atoms with E-state index in [1.54, 1.807) is 6.92 Å². The van der Waals surface area contributed by atoms with Crippen LogP contribution >= 0.6 is 15.9 Å². The van der Waals surface area contributed by atoms with Crippen LogP contribution in [-0.4, -0.2) is 18.0 Å². The Labute approximate surface area is 162 Å². The van der Waals surface area contributed by atoms with Crippen molar-refractivity contribution in [3.63, 3.8) is 0 Å². The van der Waals surface area contributed by atoms with Gasteiger partial charge in [0.15, 0.2) is 6.10 Å². The number of hydrogen-bond donors (Lipinski definition) is 1. The number of ether oxygens (including phenoxy) is 1. The van der Waals surface area contributed by atoms with E-state index in [1.165, 1.54) is 17.5 Å². The van der Waals surface area contributed by atoms with E-state index in [0.29, 0.717) is 5.69 Å². The van der Waals surface area contributed by atoms with Crippen molar-refractivity contribution >= 4 is 33.5 Å². The van der Waals surface area contributed by atoms with Gasteiger partial charge >= 0.3 is 5.97 Å². The number of carbonyl (C=O) groups is 2. The van der Waals surface area contributed by atoms with Crippen molar-refractivity contribution < 1.29 is 14.3 Å². The lowest BCUT2D eigenvalue weighted by Gasteiger charge is -2.15. The molecule has 0 unspecified atom stereocenters. The van der Waals surface area contributed by atoms with Crippen LogP contribution in [-0.2, 0) is 33.6 Å². The molecule has 1 aliphatic carbocycles. The molecular weight excluding hydrogens is 394 g/mol. The second-order valence-corrected chi connectivity index (χ2v) is 7.59. The Morgan fingerprint density at radius 3 is 2.69 bits per heavy atom. The molecule has 4 nitrogen and oxygen atoms in total. The molecule has 0 aliphatic heterocycles. The quantitative estimate of drug-likeness (QED) is 0.737. The van der Waals surface area contributed by atoms with Crippen LogP contribution in [0, 0.1) is 6.92 Å². The van der Waals surface area contributed by atoms with Crippen molar-refractivity contribution in [2.45, 2.75) is 45.6 Å². The molecule has 136 valence electrons. The van der Waals surface area contributed by atoms with Crippen LogP contribution in [0.5, 0.6) is 0 Å². The van der Waals surface area contributed by atoms with Crippen molar-refractivity contribution in [2.24, 2.45) is 0 Å². The molecule has 0 fully saturated rings. The van der Waals surface area contributed by atoms with Crippen LogP contribution in [0.3, 0.4) is 0 Å². The zero-order valence-electron chi connectivity index (χ0n) is 15.0. The lowest BCUT2D eigenvalue weighted by atomic mass is 10.0. The lowest BCUT2D eigenvalue weighted by Crippen LogP contribution is -2.30. The Kier molecular flexibility index (Phi) is 5.77. The second kappa shape index (κ2) is 8.04. The third-order valence-electron chi connectivity index (χ3n) is 4.57. The van der Waals surface area contributed by atoms with Gasteiger partial charge in [0, 0.05) is 4.47 Å². The summed E-state index contributed by atoms with van der Waals surface area (Å²) in [7, 11) is 0. The molecule has 5 heteroatoms. The number of aryl methyl sites for hydroxylation is 3. The van der Waals surface area contributed by atoms with Crippen LogP contribution in [0.2, 0.25) is 0 Å². The molecule has 0 heterocycles. The molecule has 2 aromatic rings. The van der Waals surface area contributed by atoms with Gasteiger partial charge in [0.25, 0.3) is 5.91 Å².